The van der Waals surface area contributed by atoms with Crippen LogP contribution in [-0.2, 0) is 4.79 Å². The van der Waals surface area contributed by atoms with Crippen molar-refractivity contribution in [3.05, 3.63) is 0 Å². The minimum atomic E-state index is -0.296. The Morgan fingerprint density at radius 2 is 2.36 bits per heavy atom. The minimum absolute atomic E-state index is 0. The highest BCUT2D eigenvalue weighted by atomic mass is 16.2. The third kappa shape index (κ3) is 1.88. The molecular formula is C10H19N3O. The largest absolute Gasteiger partial charge is 0.325 e. The van der Waals surface area contributed by atoms with Crippen LogP contribution in [0.15, 0.2) is 0 Å². The molecule has 2 atom stereocenters. The summed E-state index contributed by atoms with van der Waals surface area (Å²) >= 11 is 0. The van der Waals surface area contributed by atoms with Gasteiger partial charge in [0.2, 0.25) is 5.91 Å². The lowest BCUT2D eigenvalue weighted by Gasteiger charge is -2.23. The van der Waals surface area contributed by atoms with E-state index in [4.69, 9.17) is 5.26 Å². The molecule has 0 aliphatic carbocycles. The molecule has 0 saturated carbocycles. The van der Waals surface area contributed by atoms with Gasteiger partial charge in [0.05, 0.1) is 6.07 Å². The first-order valence-corrected chi connectivity index (χ1v) is 4.99. The zero-order chi connectivity index (χ0) is 10.7. The standard InChI is InChI=1S/C10H17N3O.H2/c1-7(2)10(14)13-5-4-8(12-3)9(13)6-11;/h7-9,12H,4-5H2,1-3H3;1H/t8-,9+;/m1./s1. The molecule has 4 nitrogen and oxygen atoms in total. The maximum atomic E-state index is 11.7. The van der Waals surface area contributed by atoms with Crippen molar-refractivity contribution >= 4 is 5.91 Å². The summed E-state index contributed by atoms with van der Waals surface area (Å²) < 4.78 is 0. The Kier molecular flexibility index (Phi) is 3.48. The molecule has 1 amide bonds. The fourth-order valence-electron chi connectivity index (χ4n) is 1.83. The van der Waals surface area contributed by atoms with Crippen LogP contribution in [-0.4, -0.2) is 36.5 Å². The monoisotopic (exact) mass is 197 g/mol. The van der Waals surface area contributed by atoms with Gasteiger partial charge in [-0.15, -0.1) is 0 Å². The van der Waals surface area contributed by atoms with Crippen LogP contribution in [0.25, 0.3) is 0 Å². The number of carbonyl (C=O) groups is 1. The summed E-state index contributed by atoms with van der Waals surface area (Å²) in [5.41, 5.74) is 0. The maximum Gasteiger partial charge on any atom is 0.226 e. The third-order valence-electron chi connectivity index (χ3n) is 2.68. The van der Waals surface area contributed by atoms with Crippen LogP contribution in [0.1, 0.15) is 21.7 Å². The van der Waals surface area contributed by atoms with Crippen LogP contribution in [0.5, 0.6) is 0 Å². The number of nitriles is 1. The normalized spacial score (nSPS) is 26.6. The first-order valence-electron chi connectivity index (χ1n) is 4.99. The van der Waals surface area contributed by atoms with Gasteiger partial charge in [-0.05, 0) is 13.5 Å². The predicted octanol–water partition coefficient (Wildman–Crippen LogP) is 0.601. The lowest BCUT2D eigenvalue weighted by molar-refractivity contribution is -0.134. The number of amides is 1. The molecule has 0 spiro atoms. The molecule has 80 valence electrons. The van der Waals surface area contributed by atoms with Crippen molar-refractivity contribution in [3.63, 3.8) is 0 Å². The van der Waals surface area contributed by atoms with Crippen molar-refractivity contribution in [3.8, 4) is 6.07 Å². The summed E-state index contributed by atoms with van der Waals surface area (Å²) in [5.74, 6) is 0.0516. The van der Waals surface area contributed by atoms with Gasteiger partial charge in [0.1, 0.15) is 6.04 Å². The first kappa shape index (κ1) is 11.0. The summed E-state index contributed by atoms with van der Waals surface area (Å²) in [7, 11) is 1.83. The van der Waals surface area contributed by atoms with E-state index in [9.17, 15) is 4.79 Å². The van der Waals surface area contributed by atoms with Crippen molar-refractivity contribution in [1.29, 1.82) is 5.26 Å². The summed E-state index contributed by atoms with van der Waals surface area (Å²) in [6, 6.07) is 2.02. The van der Waals surface area contributed by atoms with Crippen LogP contribution in [0.3, 0.4) is 0 Å². The smallest absolute Gasteiger partial charge is 0.226 e. The van der Waals surface area contributed by atoms with Gasteiger partial charge >= 0.3 is 0 Å². The fourth-order valence-corrected chi connectivity index (χ4v) is 1.83. The second-order valence-corrected chi connectivity index (χ2v) is 3.94. The Morgan fingerprint density at radius 1 is 1.71 bits per heavy atom. The van der Waals surface area contributed by atoms with Crippen molar-refractivity contribution in [1.82, 2.24) is 10.2 Å². The van der Waals surface area contributed by atoms with Crippen molar-refractivity contribution in [2.75, 3.05) is 13.6 Å². The lowest BCUT2D eigenvalue weighted by atomic mass is 10.1. The van der Waals surface area contributed by atoms with Gasteiger partial charge < -0.3 is 10.2 Å². The van der Waals surface area contributed by atoms with Gasteiger partial charge in [-0.1, -0.05) is 13.8 Å². The molecule has 0 aromatic heterocycles. The highest BCUT2D eigenvalue weighted by Crippen LogP contribution is 2.19. The zero-order valence-corrected chi connectivity index (χ0v) is 8.95. The molecule has 0 bridgehead atoms. The number of nitrogens with zero attached hydrogens (tertiary/aromatic N) is 2. The Bertz CT molecular complexity index is 262. The molecule has 0 radical (unpaired) electrons. The number of nitrogens with one attached hydrogen (secondary N) is 1. The quantitative estimate of drug-likeness (QED) is 0.705. The van der Waals surface area contributed by atoms with Gasteiger partial charge in [-0.25, -0.2) is 0 Å². The Morgan fingerprint density at radius 3 is 2.79 bits per heavy atom. The maximum absolute atomic E-state index is 11.7. The number of hydrogen-bond acceptors (Lipinski definition) is 3. The van der Waals surface area contributed by atoms with Crippen LogP contribution in [0.2, 0.25) is 0 Å². The number of carbonyl (C=O) groups excluding carboxylic acids is 1. The van der Waals surface area contributed by atoms with Gasteiger partial charge in [-0.2, -0.15) is 5.26 Å². The van der Waals surface area contributed by atoms with Gasteiger partial charge in [-0.3, -0.25) is 4.79 Å². The molecule has 14 heavy (non-hydrogen) atoms. The number of likely N-dealkylation sites (N-methyl/N-ethyl adjacent to an activating group) is 1. The molecule has 1 N–H and O–H groups in total. The molecule has 1 heterocycles. The Hall–Kier alpha value is -1.08. The molecule has 0 aromatic rings. The molecule has 1 aliphatic heterocycles. The van der Waals surface area contributed by atoms with E-state index in [1.54, 1.807) is 4.90 Å². The average Bonchev–Trinajstić information content (AvgIpc) is 2.58. The van der Waals surface area contributed by atoms with E-state index >= 15 is 0 Å². The van der Waals surface area contributed by atoms with Crippen molar-refractivity contribution in [2.45, 2.75) is 32.4 Å². The minimum Gasteiger partial charge on any atom is -0.325 e. The second-order valence-electron chi connectivity index (χ2n) is 3.94. The lowest BCUT2D eigenvalue weighted by Crippen LogP contribution is -2.44. The molecule has 1 fully saturated rings. The molecular weight excluding hydrogens is 178 g/mol. The number of likely N-dealkylation sites (tertiary alicyclic amines) is 1. The summed E-state index contributed by atoms with van der Waals surface area (Å²) in [4.78, 5) is 13.4. The number of rotatable bonds is 2. The van der Waals surface area contributed by atoms with Crippen LogP contribution >= 0.6 is 0 Å². The van der Waals surface area contributed by atoms with Crippen LogP contribution in [0.4, 0.5) is 0 Å². The Balaban J connectivity index is 0.00000196. The summed E-state index contributed by atoms with van der Waals surface area (Å²) in [5, 5.41) is 12.1. The van der Waals surface area contributed by atoms with Crippen LogP contribution < -0.4 is 5.32 Å². The van der Waals surface area contributed by atoms with Gasteiger partial charge in [0, 0.05) is 19.9 Å². The van der Waals surface area contributed by atoms with Crippen molar-refractivity contribution in [2.24, 2.45) is 5.92 Å². The van der Waals surface area contributed by atoms with E-state index in [1.807, 2.05) is 20.9 Å². The molecule has 4 heteroatoms. The van der Waals surface area contributed by atoms with Crippen LogP contribution in [0, 0.1) is 17.2 Å². The number of hydrogen-bond donors (Lipinski definition) is 1. The average molecular weight is 197 g/mol. The molecule has 1 rings (SSSR count). The summed E-state index contributed by atoms with van der Waals surface area (Å²) in [6.45, 7) is 4.42. The molecule has 1 aliphatic rings. The zero-order valence-electron chi connectivity index (χ0n) is 8.95. The highest BCUT2D eigenvalue weighted by Gasteiger charge is 2.36. The third-order valence-corrected chi connectivity index (χ3v) is 2.68. The first-order chi connectivity index (χ1) is 6.61. The van der Waals surface area contributed by atoms with E-state index in [-0.39, 0.29) is 25.3 Å². The molecule has 1 saturated heterocycles. The van der Waals surface area contributed by atoms with E-state index in [0.717, 1.165) is 6.42 Å². The van der Waals surface area contributed by atoms with E-state index in [1.165, 1.54) is 0 Å². The fraction of sp³-hybridized carbons (Fsp3) is 0.800. The summed E-state index contributed by atoms with van der Waals surface area (Å²) in [6.07, 6.45) is 0.868. The molecule has 0 unspecified atom stereocenters. The van der Waals surface area contributed by atoms with E-state index < -0.39 is 0 Å². The molecule has 0 aromatic carbocycles. The second kappa shape index (κ2) is 4.43. The van der Waals surface area contributed by atoms with E-state index in [2.05, 4.69) is 11.4 Å². The Labute approximate surface area is 86.4 Å². The van der Waals surface area contributed by atoms with Crippen molar-refractivity contribution < 1.29 is 6.22 Å². The predicted molar refractivity (Wildman–Crippen MR) is 55.5 cm³/mol. The highest BCUT2D eigenvalue weighted by molar-refractivity contribution is 5.79. The topological polar surface area (TPSA) is 56.1 Å². The van der Waals surface area contributed by atoms with Gasteiger partial charge in [0.15, 0.2) is 0 Å². The SMILES string of the molecule is CN[C@@H]1CCN(C(=O)C(C)C)[C@H]1C#N.[HH]. The van der Waals surface area contributed by atoms with E-state index in [0.29, 0.717) is 6.54 Å². The van der Waals surface area contributed by atoms with Gasteiger partial charge in [0.25, 0.3) is 0 Å².